The number of aliphatic hydroxyl groups is 1. The Kier molecular flexibility index (Phi) is 64.0. The van der Waals surface area contributed by atoms with Crippen LogP contribution in [-0.4, -0.2) is 96.7 Å². The number of carbonyl (C=O) groups excluding carboxylic acids is 4. The number of carbonyl (C=O) groups is 4. The van der Waals surface area contributed by atoms with E-state index in [0.29, 0.717) is 31.6 Å². The van der Waals surface area contributed by atoms with E-state index in [-0.39, 0.29) is 25.7 Å². The average molecular weight is 1400 g/mol. The molecular formula is C76H148O17P2. The van der Waals surface area contributed by atoms with Crippen LogP contribution in [0.5, 0.6) is 0 Å². The predicted octanol–water partition coefficient (Wildman–Crippen LogP) is 22.0. The fourth-order valence-corrected chi connectivity index (χ4v) is 13.1. The molecule has 564 valence electrons. The predicted molar refractivity (Wildman–Crippen MR) is 386 cm³/mol. The van der Waals surface area contributed by atoms with Gasteiger partial charge in [0.15, 0.2) is 12.2 Å². The second-order valence-electron chi connectivity index (χ2n) is 29.1. The summed E-state index contributed by atoms with van der Waals surface area (Å²) in [6, 6.07) is 0. The molecule has 3 N–H and O–H groups in total. The van der Waals surface area contributed by atoms with Gasteiger partial charge < -0.3 is 33.8 Å². The van der Waals surface area contributed by atoms with Crippen LogP contribution in [0.4, 0.5) is 0 Å². The third kappa shape index (κ3) is 69.0. The van der Waals surface area contributed by atoms with E-state index in [1.165, 1.54) is 180 Å². The molecule has 19 heteroatoms. The fourth-order valence-electron chi connectivity index (χ4n) is 11.5. The van der Waals surface area contributed by atoms with Crippen molar-refractivity contribution >= 4 is 39.5 Å². The Morgan fingerprint density at radius 2 is 0.505 bits per heavy atom. The number of unbranched alkanes of at least 4 members (excludes halogenated alkanes) is 38. The Balaban J connectivity index is 5.23. The van der Waals surface area contributed by atoms with Crippen LogP contribution >= 0.6 is 15.6 Å². The molecule has 0 amide bonds. The highest BCUT2D eigenvalue weighted by Gasteiger charge is 2.30. The van der Waals surface area contributed by atoms with Gasteiger partial charge in [-0.25, -0.2) is 9.13 Å². The number of hydrogen-bond acceptors (Lipinski definition) is 15. The smallest absolute Gasteiger partial charge is 0.462 e. The first kappa shape index (κ1) is 93.1. The molecule has 0 spiro atoms. The zero-order valence-corrected chi connectivity index (χ0v) is 64.1. The van der Waals surface area contributed by atoms with Gasteiger partial charge in [-0.15, -0.1) is 0 Å². The van der Waals surface area contributed by atoms with Crippen molar-refractivity contribution in [3.63, 3.8) is 0 Å². The van der Waals surface area contributed by atoms with Crippen molar-refractivity contribution in [3.8, 4) is 0 Å². The summed E-state index contributed by atoms with van der Waals surface area (Å²) in [7, 11) is -9.91. The van der Waals surface area contributed by atoms with Gasteiger partial charge in [0.25, 0.3) is 0 Å². The zero-order chi connectivity index (χ0) is 70.3. The Morgan fingerprint density at radius 1 is 0.295 bits per heavy atom. The molecule has 0 aliphatic carbocycles. The van der Waals surface area contributed by atoms with Gasteiger partial charge in [0.2, 0.25) is 0 Å². The van der Waals surface area contributed by atoms with Crippen LogP contribution in [0.1, 0.15) is 383 Å². The lowest BCUT2D eigenvalue weighted by atomic mass is 9.99. The summed E-state index contributed by atoms with van der Waals surface area (Å²) in [5.74, 6) is 0.947. The number of aliphatic hydroxyl groups excluding tert-OH is 1. The maximum Gasteiger partial charge on any atom is 0.472 e. The van der Waals surface area contributed by atoms with Gasteiger partial charge in [0.1, 0.15) is 19.3 Å². The zero-order valence-electron chi connectivity index (χ0n) is 62.3. The molecular weight excluding hydrogens is 1250 g/mol. The summed E-state index contributed by atoms with van der Waals surface area (Å²) in [4.78, 5) is 72.8. The van der Waals surface area contributed by atoms with Crippen molar-refractivity contribution in [2.75, 3.05) is 39.6 Å². The van der Waals surface area contributed by atoms with Crippen molar-refractivity contribution in [1.29, 1.82) is 0 Å². The van der Waals surface area contributed by atoms with Crippen molar-refractivity contribution in [2.24, 2.45) is 23.7 Å². The minimum absolute atomic E-state index is 0.105. The molecule has 0 aliphatic rings. The maximum atomic E-state index is 13.1. The van der Waals surface area contributed by atoms with E-state index in [1.807, 2.05) is 0 Å². The molecule has 0 saturated carbocycles. The van der Waals surface area contributed by atoms with E-state index < -0.39 is 97.5 Å². The van der Waals surface area contributed by atoms with Gasteiger partial charge >= 0.3 is 39.5 Å². The number of phosphoric acid groups is 2. The van der Waals surface area contributed by atoms with E-state index in [4.69, 9.17) is 37.0 Å². The summed E-state index contributed by atoms with van der Waals surface area (Å²) in [5.41, 5.74) is 0. The highest BCUT2D eigenvalue weighted by Crippen LogP contribution is 2.45. The molecule has 0 radical (unpaired) electrons. The fraction of sp³-hybridized carbons (Fsp3) is 0.947. The van der Waals surface area contributed by atoms with Crippen LogP contribution in [0.3, 0.4) is 0 Å². The molecule has 0 aromatic heterocycles. The van der Waals surface area contributed by atoms with Crippen LogP contribution in [0.15, 0.2) is 0 Å². The first-order valence-electron chi connectivity index (χ1n) is 39.2. The van der Waals surface area contributed by atoms with Crippen LogP contribution in [-0.2, 0) is 65.4 Å². The summed E-state index contributed by atoms with van der Waals surface area (Å²) in [6.45, 7) is 14.2. The topological polar surface area (TPSA) is 237 Å². The Labute approximate surface area is 581 Å². The van der Waals surface area contributed by atoms with Crippen molar-refractivity contribution < 1.29 is 80.2 Å². The molecule has 0 aliphatic heterocycles. The summed E-state index contributed by atoms with van der Waals surface area (Å²) < 4.78 is 68.5. The van der Waals surface area contributed by atoms with Gasteiger partial charge in [-0.1, -0.05) is 331 Å². The normalized spacial score (nSPS) is 14.4. The second kappa shape index (κ2) is 65.4. The first-order chi connectivity index (χ1) is 45.6. The molecule has 0 fully saturated rings. The molecule has 0 aromatic carbocycles. The van der Waals surface area contributed by atoms with Crippen LogP contribution in [0.25, 0.3) is 0 Å². The van der Waals surface area contributed by atoms with Gasteiger partial charge in [-0.3, -0.25) is 37.3 Å². The van der Waals surface area contributed by atoms with Gasteiger partial charge in [0, 0.05) is 25.7 Å². The second-order valence-corrected chi connectivity index (χ2v) is 32.0. The SMILES string of the molecule is CCC(C)CCCCCCCCCCCCCCCCC(=O)O[C@H](COC(=O)CCCCCCCCCC(C)C)COP(=O)(O)OCC(O)COP(=O)(O)OC[C@@H](COC(=O)CCCCCCCCCCCCCCC(C)C)OC(=O)CCCCCCCCCCCC(C)C. The Bertz CT molecular complexity index is 1870. The van der Waals surface area contributed by atoms with E-state index in [2.05, 4.69) is 55.4 Å². The maximum absolute atomic E-state index is 13.1. The summed E-state index contributed by atoms with van der Waals surface area (Å²) >= 11 is 0. The molecule has 17 nitrogen and oxygen atoms in total. The van der Waals surface area contributed by atoms with Crippen LogP contribution in [0.2, 0.25) is 0 Å². The lowest BCUT2D eigenvalue weighted by Crippen LogP contribution is -2.30. The Morgan fingerprint density at radius 3 is 0.747 bits per heavy atom. The number of phosphoric ester groups is 2. The highest BCUT2D eigenvalue weighted by molar-refractivity contribution is 7.47. The lowest BCUT2D eigenvalue weighted by Gasteiger charge is -2.21. The molecule has 0 saturated heterocycles. The van der Waals surface area contributed by atoms with Crippen molar-refractivity contribution in [2.45, 2.75) is 401 Å². The van der Waals surface area contributed by atoms with Crippen molar-refractivity contribution in [3.05, 3.63) is 0 Å². The quantitative estimate of drug-likeness (QED) is 0.0222. The van der Waals surface area contributed by atoms with Crippen LogP contribution in [0, 0.1) is 23.7 Å². The highest BCUT2D eigenvalue weighted by atomic mass is 31.2. The molecule has 4 unspecified atom stereocenters. The standard InChI is InChI=1S/C76H148O17P2/c1-9-69(8)55-47-39-31-23-17-12-10-11-13-19-25-33-42-50-58-75(80)92-72(63-87-74(79)57-49-41-35-27-30-38-46-54-68(6)7)65-91-95(84,85)89-61-70(77)60-88-94(82,83)90-64-71(93-76(81)59-51-43-34-26-20-22-29-37-45-53-67(4)5)62-86-73(78)56-48-40-32-24-18-15-14-16-21-28-36-44-52-66(2)3/h66-72,77H,9-65H2,1-8H3,(H,82,83)(H,84,85)/t69?,70?,71-,72-/m1/s1. The molecule has 0 heterocycles. The van der Waals surface area contributed by atoms with E-state index in [0.717, 1.165) is 114 Å². The van der Waals surface area contributed by atoms with E-state index in [9.17, 15) is 43.2 Å². The van der Waals surface area contributed by atoms with Crippen LogP contribution < -0.4 is 0 Å². The molecule has 6 atom stereocenters. The Hall–Kier alpha value is -1.94. The summed E-state index contributed by atoms with van der Waals surface area (Å²) in [5, 5.41) is 10.6. The monoisotopic (exact) mass is 1400 g/mol. The number of rotatable bonds is 73. The van der Waals surface area contributed by atoms with Gasteiger partial charge in [-0.05, 0) is 49.4 Å². The largest absolute Gasteiger partial charge is 0.472 e. The minimum Gasteiger partial charge on any atom is -0.462 e. The molecule has 95 heavy (non-hydrogen) atoms. The van der Waals surface area contributed by atoms with Crippen molar-refractivity contribution in [1.82, 2.24) is 0 Å². The summed E-state index contributed by atoms with van der Waals surface area (Å²) in [6.07, 6.45) is 50.0. The number of hydrogen-bond donors (Lipinski definition) is 3. The number of esters is 4. The average Bonchev–Trinajstić information content (AvgIpc) is 2.48. The third-order valence-electron chi connectivity index (χ3n) is 17.9. The number of ether oxygens (including phenoxy) is 4. The lowest BCUT2D eigenvalue weighted by molar-refractivity contribution is -0.161. The minimum atomic E-state index is -4.96. The molecule has 0 bridgehead atoms. The van der Waals surface area contributed by atoms with E-state index >= 15 is 0 Å². The van der Waals surface area contributed by atoms with Gasteiger partial charge in [0.05, 0.1) is 26.4 Å². The molecule has 0 aromatic rings. The first-order valence-corrected chi connectivity index (χ1v) is 42.2. The van der Waals surface area contributed by atoms with E-state index in [1.54, 1.807) is 0 Å². The van der Waals surface area contributed by atoms with Gasteiger partial charge in [-0.2, -0.15) is 0 Å². The molecule has 0 rings (SSSR count). The third-order valence-corrected chi connectivity index (χ3v) is 19.8.